The fraction of sp³-hybridized carbons (Fsp3) is 0.638. The van der Waals surface area contributed by atoms with E-state index in [-0.39, 0.29) is 89.7 Å². The molecule has 0 radical (unpaired) electrons. The number of aryl methyl sites for hydroxylation is 3. The summed E-state index contributed by atoms with van der Waals surface area (Å²) in [4.78, 5) is 40.6. The van der Waals surface area contributed by atoms with E-state index in [1.807, 2.05) is 119 Å². The Kier molecular flexibility index (Phi) is 18.7. The lowest BCUT2D eigenvalue weighted by molar-refractivity contribution is -0.166. The third-order valence-electron chi connectivity index (χ3n) is 12.5. The number of benzene rings is 3. The predicted octanol–water partition coefficient (Wildman–Crippen LogP) is 12.4. The standard InChI is InChI=1S/C58H88O10/c1-52(2,3)40-27-37(28-41(49(40)62)53(4,5)6)21-20-22-46(59)66-34-58(33-65-19,35-67-47(60)25-23-38-29-42(54(7,8)9)50(63)43(30-38)55(10,11)12)36-68-48(61)26-24-39-31-44(56(13,14)15)51(64)45(32-39)57(16,17)18/h27-32,62-64H,20-26,33-36H2,1-19H3. The van der Waals surface area contributed by atoms with E-state index in [1.54, 1.807) is 0 Å². The van der Waals surface area contributed by atoms with Crippen LogP contribution >= 0.6 is 0 Å². The summed E-state index contributed by atoms with van der Waals surface area (Å²) in [6.45, 7) is 36.2. The maximum absolute atomic E-state index is 13.6. The lowest BCUT2D eigenvalue weighted by Crippen LogP contribution is -2.43. The quantitative estimate of drug-likeness (QED) is 0.0831. The smallest absolute Gasteiger partial charge is 0.306 e. The summed E-state index contributed by atoms with van der Waals surface area (Å²) in [5, 5.41) is 33.7. The number of esters is 3. The predicted molar refractivity (Wildman–Crippen MR) is 273 cm³/mol. The monoisotopic (exact) mass is 945 g/mol. The molecule has 3 aromatic carbocycles. The third kappa shape index (κ3) is 16.3. The molecule has 0 saturated carbocycles. The molecule has 3 aromatic rings. The topological polar surface area (TPSA) is 149 Å². The van der Waals surface area contributed by atoms with Gasteiger partial charge in [0, 0.05) is 26.4 Å². The first-order valence-corrected chi connectivity index (χ1v) is 24.5. The fourth-order valence-electron chi connectivity index (χ4n) is 8.35. The Morgan fingerprint density at radius 2 is 0.618 bits per heavy atom. The summed E-state index contributed by atoms with van der Waals surface area (Å²) in [7, 11) is 1.49. The van der Waals surface area contributed by atoms with E-state index in [0.717, 1.165) is 50.1 Å². The van der Waals surface area contributed by atoms with E-state index in [1.165, 1.54) is 7.11 Å². The minimum absolute atomic E-state index is 0.0385. The largest absolute Gasteiger partial charge is 0.507 e. The van der Waals surface area contributed by atoms with Gasteiger partial charge in [-0.15, -0.1) is 0 Å². The van der Waals surface area contributed by atoms with Gasteiger partial charge in [-0.25, -0.2) is 0 Å². The molecule has 0 heterocycles. The van der Waals surface area contributed by atoms with Crippen LogP contribution in [0.4, 0.5) is 0 Å². The first kappa shape index (κ1) is 57.7. The summed E-state index contributed by atoms with van der Waals surface area (Å²) in [6, 6.07) is 11.8. The van der Waals surface area contributed by atoms with Crippen LogP contribution in [-0.4, -0.2) is 66.8 Å². The normalized spacial score (nSPS) is 13.1. The van der Waals surface area contributed by atoms with E-state index in [4.69, 9.17) is 18.9 Å². The highest BCUT2D eigenvalue weighted by atomic mass is 16.6. The van der Waals surface area contributed by atoms with Crippen LogP contribution in [-0.2, 0) is 85.1 Å². The van der Waals surface area contributed by atoms with Crippen molar-refractivity contribution in [2.24, 2.45) is 5.41 Å². The zero-order valence-electron chi connectivity index (χ0n) is 45.4. The molecule has 0 atom stereocenters. The van der Waals surface area contributed by atoms with Gasteiger partial charge in [-0.3, -0.25) is 14.4 Å². The molecule has 0 unspecified atom stereocenters. The second kappa shape index (κ2) is 22.0. The van der Waals surface area contributed by atoms with Crippen molar-refractivity contribution < 1.29 is 48.7 Å². The number of carbonyl (C=O) groups excluding carboxylic acids is 3. The molecule has 68 heavy (non-hydrogen) atoms. The van der Waals surface area contributed by atoms with Gasteiger partial charge in [0.25, 0.3) is 0 Å². The van der Waals surface area contributed by atoms with Crippen LogP contribution in [0.25, 0.3) is 0 Å². The van der Waals surface area contributed by atoms with Crippen LogP contribution in [0.5, 0.6) is 17.2 Å². The number of ether oxygens (including phenoxy) is 4. The van der Waals surface area contributed by atoms with Gasteiger partial charge in [0.1, 0.15) is 37.1 Å². The van der Waals surface area contributed by atoms with Crippen molar-refractivity contribution in [3.05, 3.63) is 86.5 Å². The van der Waals surface area contributed by atoms with Crippen molar-refractivity contribution in [2.75, 3.05) is 33.5 Å². The van der Waals surface area contributed by atoms with Crippen LogP contribution in [0, 0.1) is 5.41 Å². The molecule has 0 saturated heterocycles. The van der Waals surface area contributed by atoms with Gasteiger partial charge < -0.3 is 34.3 Å². The number of methoxy groups -OCH3 is 1. The molecule has 10 nitrogen and oxygen atoms in total. The second-order valence-corrected chi connectivity index (χ2v) is 25.4. The van der Waals surface area contributed by atoms with Crippen LogP contribution in [0.1, 0.15) is 200 Å². The maximum Gasteiger partial charge on any atom is 0.306 e. The van der Waals surface area contributed by atoms with Crippen molar-refractivity contribution in [1.82, 2.24) is 0 Å². The highest BCUT2D eigenvalue weighted by molar-refractivity contribution is 5.71. The second-order valence-electron chi connectivity index (χ2n) is 25.4. The Morgan fingerprint density at radius 3 is 0.853 bits per heavy atom. The number of carbonyl (C=O) groups is 3. The van der Waals surface area contributed by atoms with Crippen molar-refractivity contribution >= 4 is 17.9 Å². The van der Waals surface area contributed by atoms with Crippen molar-refractivity contribution in [3.8, 4) is 17.2 Å². The maximum atomic E-state index is 13.6. The van der Waals surface area contributed by atoms with E-state index in [9.17, 15) is 29.7 Å². The fourth-order valence-corrected chi connectivity index (χ4v) is 8.35. The summed E-state index contributed by atoms with van der Waals surface area (Å²) in [5.41, 5.74) is 4.63. The first-order valence-electron chi connectivity index (χ1n) is 24.5. The zero-order chi connectivity index (χ0) is 52.0. The number of phenols is 3. The average Bonchev–Trinajstić information content (AvgIpc) is 3.18. The van der Waals surface area contributed by atoms with Crippen LogP contribution in [0.15, 0.2) is 36.4 Å². The Balaban J connectivity index is 1.85. The third-order valence-corrected chi connectivity index (χ3v) is 12.5. The van der Waals surface area contributed by atoms with Gasteiger partial charge >= 0.3 is 17.9 Å². The van der Waals surface area contributed by atoms with Gasteiger partial charge in [0.05, 0.1) is 12.0 Å². The Labute approximate surface area is 409 Å². The van der Waals surface area contributed by atoms with Crippen LogP contribution in [0.3, 0.4) is 0 Å². The van der Waals surface area contributed by atoms with E-state index in [0.29, 0.717) is 31.4 Å². The number of rotatable bonds is 18. The SMILES string of the molecule is COCC(COC(=O)CCCc1cc(C(C)(C)C)c(O)c(C(C)(C)C)c1)(COC(=O)CCc1cc(C(C)(C)C)c(O)c(C(C)(C)C)c1)COC(=O)CCc1cc(C(C)(C)C)c(O)c(C(C)(C)C)c1. The van der Waals surface area contributed by atoms with Gasteiger partial charge in [-0.1, -0.05) is 161 Å². The molecular formula is C58H88O10. The Hall–Kier alpha value is -4.57. The minimum atomic E-state index is -1.22. The summed E-state index contributed by atoms with van der Waals surface area (Å²) in [5.74, 6) is -0.592. The molecular weight excluding hydrogens is 857 g/mol. The molecule has 3 rings (SSSR count). The molecule has 0 bridgehead atoms. The Morgan fingerprint density at radius 1 is 0.382 bits per heavy atom. The summed E-state index contributed by atoms with van der Waals surface area (Å²) in [6.07, 6.45) is 2.02. The van der Waals surface area contributed by atoms with Gasteiger partial charge in [-0.2, -0.15) is 0 Å². The van der Waals surface area contributed by atoms with Gasteiger partial charge in [0.2, 0.25) is 0 Å². The highest BCUT2D eigenvalue weighted by Gasteiger charge is 2.37. The number of aromatic hydroxyl groups is 3. The lowest BCUT2D eigenvalue weighted by atomic mass is 9.78. The summed E-state index contributed by atoms with van der Waals surface area (Å²) >= 11 is 0. The molecule has 0 aliphatic rings. The molecule has 0 fully saturated rings. The van der Waals surface area contributed by atoms with Crippen molar-refractivity contribution in [3.63, 3.8) is 0 Å². The molecule has 10 heteroatoms. The van der Waals surface area contributed by atoms with Crippen LogP contribution in [0.2, 0.25) is 0 Å². The Bertz CT molecular complexity index is 2020. The molecule has 0 amide bonds. The number of hydrogen-bond acceptors (Lipinski definition) is 10. The molecule has 3 N–H and O–H groups in total. The molecule has 0 aliphatic heterocycles. The van der Waals surface area contributed by atoms with E-state index >= 15 is 0 Å². The average molecular weight is 945 g/mol. The first-order chi connectivity index (χ1) is 30.9. The van der Waals surface area contributed by atoms with E-state index in [2.05, 4.69) is 41.5 Å². The van der Waals surface area contributed by atoms with Gasteiger partial charge in [-0.05, 0) is 108 Å². The molecule has 0 aliphatic carbocycles. The van der Waals surface area contributed by atoms with Crippen molar-refractivity contribution in [2.45, 2.75) is 202 Å². The van der Waals surface area contributed by atoms with E-state index < -0.39 is 23.3 Å². The minimum Gasteiger partial charge on any atom is -0.507 e. The summed E-state index contributed by atoms with van der Waals surface area (Å²) < 4.78 is 23.4. The number of phenolic OH excluding ortho intramolecular Hbond substituents is 3. The molecule has 380 valence electrons. The lowest BCUT2D eigenvalue weighted by Gasteiger charge is -2.31. The van der Waals surface area contributed by atoms with Crippen LogP contribution < -0.4 is 0 Å². The van der Waals surface area contributed by atoms with Gasteiger partial charge in [0.15, 0.2) is 0 Å². The highest BCUT2D eigenvalue weighted by Crippen LogP contribution is 2.43. The number of hydrogen-bond donors (Lipinski definition) is 3. The molecule has 0 aromatic heterocycles. The van der Waals surface area contributed by atoms with Crippen molar-refractivity contribution in [1.29, 1.82) is 0 Å². The zero-order valence-corrected chi connectivity index (χ0v) is 45.4. The molecule has 0 spiro atoms.